The molecule has 3 rings (SSSR count). The molecule has 25 heavy (non-hydrogen) atoms. The quantitative estimate of drug-likeness (QED) is 0.607. The van der Waals surface area contributed by atoms with E-state index in [9.17, 15) is 9.59 Å². The van der Waals surface area contributed by atoms with Crippen molar-refractivity contribution >= 4 is 51.2 Å². The predicted molar refractivity (Wildman–Crippen MR) is 102 cm³/mol. The Morgan fingerprint density at radius 3 is 2.56 bits per heavy atom. The summed E-state index contributed by atoms with van der Waals surface area (Å²) >= 11 is 9.18. The fourth-order valence-electron chi connectivity index (χ4n) is 2.56. The molecular weight excluding hydrogens is 406 g/mol. The first-order chi connectivity index (χ1) is 12.0. The summed E-state index contributed by atoms with van der Waals surface area (Å²) < 4.78 is 0.939. The fraction of sp³-hybridized carbons (Fsp3) is 0.167. The minimum absolute atomic E-state index is 0.0656. The number of anilines is 1. The molecule has 0 spiro atoms. The number of nitrogens with zero attached hydrogens (tertiary/aromatic N) is 2. The Balaban J connectivity index is 1.59. The Morgan fingerprint density at radius 1 is 1.20 bits per heavy atom. The first-order valence-corrected chi connectivity index (χ1v) is 8.84. The van der Waals surface area contributed by atoms with Crippen LogP contribution in [-0.2, 0) is 9.59 Å². The monoisotopic (exact) mass is 419 g/mol. The molecule has 0 bridgehead atoms. The number of hydrogen-bond donors (Lipinski definition) is 1. The molecule has 1 atom stereocenters. The van der Waals surface area contributed by atoms with Crippen molar-refractivity contribution < 1.29 is 9.59 Å². The summed E-state index contributed by atoms with van der Waals surface area (Å²) in [5.41, 5.74) is 4.11. The van der Waals surface area contributed by atoms with Crippen LogP contribution in [-0.4, -0.2) is 24.6 Å². The number of halogens is 2. The molecule has 0 aliphatic carbocycles. The first-order valence-electron chi connectivity index (χ1n) is 7.67. The Bertz CT molecular complexity index is 806. The van der Waals surface area contributed by atoms with Crippen molar-refractivity contribution in [3.63, 3.8) is 0 Å². The first kappa shape index (κ1) is 17.6. The average Bonchev–Trinajstić information content (AvgIpc) is 2.99. The molecule has 1 heterocycles. The molecule has 0 aromatic heterocycles. The van der Waals surface area contributed by atoms with Gasteiger partial charge in [-0.3, -0.25) is 9.59 Å². The summed E-state index contributed by atoms with van der Waals surface area (Å²) in [5.74, 6) is -0.749. The second kappa shape index (κ2) is 7.80. The van der Waals surface area contributed by atoms with Crippen molar-refractivity contribution in [2.45, 2.75) is 6.42 Å². The van der Waals surface area contributed by atoms with Crippen molar-refractivity contribution in [1.29, 1.82) is 0 Å². The van der Waals surface area contributed by atoms with Gasteiger partial charge in [-0.2, -0.15) is 5.10 Å². The minimum Gasteiger partial charge on any atom is -0.312 e. The van der Waals surface area contributed by atoms with Crippen LogP contribution in [0.4, 0.5) is 5.69 Å². The van der Waals surface area contributed by atoms with E-state index in [2.05, 4.69) is 26.5 Å². The molecule has 2 aromatic carbocycles. The Morgan fingerprint density at radius 2 is 1.88 bits per heavy atom. The lowest BCUT2D eigenvalue weighted by molar-refractivity contribution is -0.126. The van der Waals surface area contributed by atoms with Crippen LogP contribution in [0.3, 0.4) is 0 Å². The number of hydrogen-bond acceptors (Lipinski definition) is 3. The highest BCUT2D eigenvalue weighted by Gasteiger charge is 2.35. The second-order valence-corrected chi connectivity index (χ2v) is 7.02. The molecule has 7 heteroatoms. The number of hydrazone groups is 1. The van der Waals surface area contributed by atoms with Gasteiger partial charge < -0.3 is 4.90 Å². The highest BCUT2D eigenvalue weighted by atomic mass is 79.9. The van der Waals surface area contributed by atoms with E-state index in [1.165, 1.54) is 6.21 Å². The molecule has 1 saturated heterocycles. The van der Waals surface area contributed by atoms with Gasteiger partial charge in [0.25, 0.3) is 0 Å². The molecular formula is C18H15BrClN3O2. The van der Waals surface area contributed by atoms with Gasteiger partial charge in [-0.05, 0) is 42.0 Å². The van der Waals surface area contributed by atoms with E-state index in [1.54, 1.807) is 29.2 Å². The van der Waals surface area contributed by atoms with E-state index >= 15 is 0 Å². The van der Waals surface area contributed by atoms with Crippen LogP contribution in [0.25, 0.3) is 0 Å². The molecule has 5 nitrogen and oxygen atoms in total. The summed E-state index contributed by atoms with van der Waals surface area (Å²) in [6.45, 7) is 0.350. The van der Waals surface area contributed by atoms with Crippen LogP contribution >= 0.6 is 27.5 Å². The summed E-state index contributed by atoms with van der Waals surface area (Å²) in [6, 6.07) is 14.5. The number of carbonyl (C=O) groups is 2. The van der Waals surface area contributed by atoms with Crippen LogP contribution in [0.2, 0.25) is 5.02 Å². The van der Waals surface area contributed by atoms with Crippen LogP contribution in [0.1, 0.15) is 12.0 Å². The zero-order valence-corrected chi connectivity index (χ0v) is 15.5. The maximum atomic E-state index is 12.2. The van der Waals surface area contributed by atoms with Crippen molar-refractivity contribution in [2.75, 3.05) is 11.4 Å². The van der Waals surface area contributed by atoms with Gasteiger partial charge in [-0.25, -0.2) is 5.43 Å². The third-order valence-electron chi connectivity index (χ3n) is 3.89. The average molecular weight is 421 g/mol. The van der Waals surface area contributed by atoms with Gasteiger partial charge in [-0.15, -0.1) is 0 Å². The molecule has 1 aliphatic rings. The van der Waals surface area contributed by atoms with Crippen LogP contribution in [0.5, 0.6) is 0 Å². The summed E-state index contributed by atoms with van der Waals surface area (Å²) in [5, 5.41) is 4.58. The molecule has 128 valence electrons. The summed E-state index contributed by atoms with van der Waals surface area (Å²) in [6.07, 6.45) is 1.72. The minimum atomic E-state index is -0.418. The van der Waals surface area contributed by atoms with Gasteiger partial charge in [-0.1, -0.05) is 39.7 Å². The molecule has 2 amide bonds. The predicted octanol–water partition coefficient (Wildman–Crippen LogP) is 3.61. The van der Waals surface area contributed by atoms with E-state index in [1.807, 2.05) is 24.3 Å². The highest BCUT2D eigenvalue weighted by molar-refractivity contribution is 9.10. The molecule has 1 fully saturated rings. The lowest BCUT2D eigenvalue weighted by Crippen LogP contribution is -2.30. The lowest BCUT2D eigenvalue weighted by Gasteiger charge is -2.16. The molecule has 0 radical (unpaired) electrons. The zero-order valence-electron chi connectivity index (χ0n) is 13.2. The molecule has 1 N–H and O–H groups in total. The van der Waals surface area contributed by atoms with Crippen molar-refractivity contribution in [1.82, 2.24) is 5.43 Å². The van der Waals surface area contributed by atoms with E-state index < -0.39 is 5.92 Å². The third-order valence-corrected chi connectivity index (χ3v) is 4.67. The van der Waals surface area contributed by atoms with E-state index in [0.29, 0.717) is 11.6 Å². The molecule has 0 unspecified atom stereocenters. The van der Waals surface area contributed by atoms with Crippen LogP contribution < -0.4 is 10.3 Å². The lowest BCUT2D eigenvalue weighted by atomic mass is 10.1. The van der Waals surface area contributed by atoms with Crippen molar-refractivity contribution in [3.8, 4) is 0 Å². The maximum Gasteiger partial charge on any atom is 0.245 e. The Kier molecular flexibility index (Phi) is 5.50. The summed E-state index contributed by atoms with van der Waals surface area (Å²) in [7, 11) is 0. The fourth-order valence-corrected chi connectivity index (χ4v) is 2.95. The Hall–Kier alpha value is -2.18. The van der Waals surface area contributed by atoms with Gasteiger partial charge in [0.05, 0.1) is 12.1 Å². The van der Waals surface area contributed by atoms with Gasteiger partial charge >= 0.3 is 0 Å². The van der Waals surface area contributed by atoms with E-state index in [4.69, 9.17) is 11.6 Å². The maximum absolute atomic E-state index is 12.2. The van der Waals surface area contributed by atoms with Gasteiger partial charge in [0.1, 0.15) is 0 Å². The number of nitrogens with one attached hydrogen (secondary N) is 1. The van der Waals surface area contributed by atoms with Crippen molar-refractivity contribution in [3.05, 3.63) is 63.6 Å². The van der Waals surface area contributed by atoms with Crippen LogP contribution in [0.15, 0.2) is 58.1 Å². The normalized spacial score (nSPS) is 17.3. The summed E-state index contributed by atoms with van der Waals surface area (Å²) in [4.78, 5) is 26.0. The molecule has 1 aliphatic heterocycles. The number of amides is 2. The number of benzene rings is 2. The second-order valence-electron chi connectivity index (χ2n) is 5.67. The van der Waals surface area contributed by atoms with Gasteiger partial charge in [0.15, 0.2) is 0 Å². The van der Waals surface area contributed by atoms with E-state index in [0.717, 1.165) is 15.7 Å². The standard InChI is InChI=1S/C18H15BrClN3O2/c19-14-3-7-16(8-4-14)23-11-13(9-17(23)24)18(25)22-21-10-12-1-5-15(20)6-2-12/h1-8,10,13H,9,11H2,(H,22,25)/b21-10-/t13-/m0/s1. The smallest absolute Gasteiger partial charge is 0.245 e. The SMILES string of the molecule is O=C(N/N=C\c1ccc(Cl)cc1)[C@H]1CC(=O)N(c2ccc(Br)cc2)C1. The Labute approximate surface area is 158 Å². The molecule has 0 saturated carbocycles. The van der Waals surface area contributed by atoms with Gasteiger partial charge in [0, 0.05) is 28.1 Å². The third kappa shape index (κ3) is 4.46. The van der Waals surface area contributed by atoms with E-state index in [-0.39, 0.29) is 18.2 Å². The van der Waals surface area contributed by atoms with Crippen molar-refractivity contribution in [2.24, 2.45) is 11.0 Å². The number of carbonyl (C=O) groups excluding carboxylic acids is 2. The van der Waals surface area contributed by atoms with Gasteiger partial charge in [0.2, 0.25) is 11.8 Å². The topological polar surface area (TPSA) is 61.8 Å². The zero-order chi connectivity index (χ0) is 17.8. The molecule has 2 aromatic rings. The van der Waals surface area contributed by atoms with Crippen LogP contribution in [0, 0.1) is 5.92 Å². The largest absolute Gasteiger partial charge is 0.312 e. The highest BCUT2D eigenvalue weighted by Crippen LogP contribution is 2.26. The number of rotatable bonds is 4.